The lowest BCUT2D eigenvalue weighted by molar-refractivity contribution is -0.129. The first-order chi connectivity index (χ1) is 10.1. The zero-order valence-electron chi connectivity index (χ0n) is 13.7. The van der Waals surface area contributed by atoms with Gasteiger partial charge in [0, 0.05) is 33.1 Å². The first-order valence-corrected chi connectivity index (χ1v) is 8.92. The Kier molecular flexibility index (Phi) is 4.63. The molecule has 0 atom stereocenters. The number of nitrogens with zero attached hydrogens (tertiary/aromatic N) is 2. The van der Waals surface area contributed by atoms with Crippen molar-refractivity contribution in [3.63, 3.8) is 0 Å². The third-order valence-corrected chi connectivity index (χ3v) is 5.95. The average Bonchev–Trinajstić information content (AvgIpc) is 2.46. The largest absolute Gasteiger partial charge is 0.340 e. The second kappa shape index (κ2) is 6.01. The zero-order chi connectivity index (χ0) is 16.5. The Labute approximate surface area is 133 Å². The molecule has 0 spiro atoms. The predicted molar refractivity (Wildman–Crippen MR) is 86.2 cm³/mol. The maximum absolute atomic E-state index is 12.6. The lowest BCUT2D eigenvalue weighted by Crippen LogP contribution is -2.49. The number of carbonyl (C=O) groups is 1. The van der Waals surface area contributed by atoms with Crippen LogP contribution in [0.5, 0.6) is 0 Å². The quantitative estimate of drug-likeness (QED) is 0.834. The molecule has 0 saturated carbocycles. The van der Waals surface area contributed by atoms with Crippen molar-refractivity contribution in [1.29, 1.82) is 0 Å². The van der Waals surface area contributed by atoms with Gasteiger partial charge in [-0.3, -0.25) is 4.79 Å². The summed E-state index contributed by atoms with van der Waals surface area (Å²) >= 11 is 0. The summed E-state index contributed by atoms with van der Waals surface area (Å²) in [5.74, 6) is -0.00780. The van der Waals surface area contributed by atoms with E-state index < -0.39 is 10.0 Å². The molecule has 1 saturated heterocycles. The minimum absolute atomic E-state index is 0.00456. The molecule has 0 N–H and O–H groups in total. The number of benzene rings is 1. The van der Waals surface area contributed by atoms with Crippen LogP contribution in [0.15, 0.2) is 29.2 Å². The number of amides is 1. The van der Waals surface area contributed by atoms with E-state index in [1.807, 2.05) is 12.1 Å². The summed E-state index contributed by atoms with van der Waals surface area (Å²) in [4.78, 5) is 13.3. The molecule has 0 aliphatic carbocycles. The van der Waals surface area contributed by atoms with E-state index in [0.717, 1.165) is 5.56 Å². The van der Waals surface area contributed by atoms with Gasteiger partial charge in [0.15, 0.2) is 0 Å². The molecule has 1 aromatic rings. The number of piperazine rings is 1. The molecule has 1 aliphatic rings. The Bertz CT molecular complexity index is 637. The van der Waals surface area contributed by atoms with Gasteiger partial charge in [-0.15, -0.1) is 0 Å². The van der Waals surface area contributed by atoms with Gasteiger partial charge in [0.1, 0.15) is 0 Å². The maximum Gasteiger partial charge on any atom is 0.243 e. The van der Waals surface area contributed by atoms with E-state index >= 15 is 0 Å². The van der Waals surface area contributed by atoms with Crippen LogP contribution in [0.25, 0.3) is 0 Å². The topological polar surface area (TPSA) is 57.7 Å². The van der Waals surface area contributed by atoms with Gasteiger partial charge in [-0.2, -0.15) is 4.31 Å². The lowest BCUT2D eigenvalue weighted by Gasteiger charge is -2.33. The van der Waals surface area contributed by atoms with Gasteiger partial charge in [0.25, 0.3) is 0 Å². The molecule has 0 unspecified atom stereocenters. The van der Waals surface area contributed by atoms with Crippen molar-refractivity contribution in [2.24, 2.45) is 0 Å². The van der Waals surface area contributed by atoms with Crippen LogP contribution in [0.1, 0.15) is 33.3 Å². The Morgan fingerprint density at radius 3 is 1.91 bits per heavy atom. The molecular formula is C16H24N2O3S. The highest BCUT2D eigenvalue weighted by molar-refractivity contribution is 7.89. The lowest BCUT2D eigenvalue weighted by atomic mass is 9.87. The molecule has 5 nitrogen and oxygen atoms in total. The first kappa shape index (κ1) is 17.0. The Morgan fingerprint density at radius 1 is 1.00 bits per heavy atom. The second-order valence-corrected chi connectivity index (χ2v) is 8.62. The molecule has 0 radical (unpaired) electrons. The highest BCUT2D eigenvalue weighted by Gasteiger charge is 2.29. The van der Waals surface area contributed by atoms with Crippen molar-refractivity contribution < 1.29 is 13.2 Å². The standard InChI is InChI=1S/C16H24N2O3S/c1-13(19)17-9-11-18(12-10-17)22(20,21)15-7-5-14(6-8-15)16(2,3)4/h5-8H,9-12H2,1-4H3. The van der Waals surface area contributed by atoms with Gasteiger partial charge in [-0.25, -0.2) is 8.42 Å². The minimum Gasteiger partial charge on any atom is -0.340 e. The zero-order valence-corrected chi connectivity index (χ0v) is 14.5. The molecule has 122 valence electrons. The minimum atomic E-state index is -3.48. The van der Waals surface area contributed by atoms with Gasteiger partial charge >= 0.3 is 0 Å². The van der Waals surface area contributed by atoms with Crippen LogP contribution in [0, 0.1) is 0 Å². The van der Waals surface area contributed by atoms with Crippen LogP contribution in [0.3, 0.4) is 0 Å². The Morgan fingerprint density at radius 2 is 1.50 bits per heavy atom. The molecule has 2 rings (SSSR count). The van der Waals surface area contributed by atoms with Crippen molar-refractivity contribution in [3.05, 3.63) is 29.8 Å². The van der Waals surface area contributed by atoms with Crippen molar-refractivity contribution in [2.75, 3.05) is 26.2 Å². The van der Waals surface area contributed by atoms with Crippen LogP contribution >= 0.6 is 0 Å². The van der Waals surface area contributed by atoms with E-state index in [2.05, 4.69) is 20.8 Å². The highest BCUT2D eigenvalue weighted by Crippen LogP contribution is 2.25. The summed E-state index contributed by atoms with van der Waals surface area (Å²) in [6, 6.07) is 7.10. The summed E-state index contributed by atoms with van der Waals surface area (Å²) in [6.07, 6.45) is 0. The molecule has 1 aromatic carbocycles. The summed E-state index contributed by atoms with van der Waals surface area (Å²) in [5, 5.41) is 0. The fourth-order valence-electron chi connectivity index (χ4n) is 2.52. The van der Waals surface area contributed by atoms with Gasteiger partial charge < -0.3 is 4.90 Å². The number of carbonyl (C=O) groups excluding carboxylic acids is 1. The molecule has 1 aliphatic heterocycles. The summed E-state index contributed by atoms with van der Waals surface area (Å²) in [7, 11) is -3.48. The van der Waals surface area contributed by atoms with Crippen LogP contribution in [0.2, 0.25) is 0 Å². The molecule has 0 bridgehead atoms. The smallest absolute Gasteiger partial charge is 0.243 e. The van der Waals surface area contributed by atoms with Crippen molar-refractivity contribution in [3.8, 4) is 0 Å². The average molecular weight is 324 g/mol. The van der Waals surface area contributed by atoms with Gasteiger partial charge in [0.2, 0.25) is 15.9 Å². The second-order valence-electron chi connectivity index (χ2n) is 6.68. The number of sulfonamides is 1. The SMILES string of the molecule is CC(=O)N1CCN(S(=O)(=O)c2ccc(C(C)(C)C)cc2)CC1. The highest BCUT2D eigenvalue weighted by atomic mass is 32.2. The molecular weight excluding hydrogens is 300 g/mol. The maximum atomic E-state index is 12.6. The number of hydrogen-bond donors (Lipinski definition) is 0. The molecule has 1 amide bonds. The van der Waals surface area contributed by atoms with Crippen LogP contribution in [-0.4, -0.2) is 49.7 Å². The monoisotopic (exact) mass is 324 g/mol. The summed E-state index contributed by atoms with van der Waals surface area (Å²) in [6.45, 7) is 9.40. The van der Waals surface area contributed by atoms with Crippen molar-refractivity contribution >= 4 is 15.9 Å². The van der Waals surface area contributed by atoms with Gasteiger partial charge in [-0.05, 0) is 23.1 Å². The van der Waals surface area contributed by atoms with Gasteiger partial charge in [-0.1, -0.05) is 32.9 Å². The normalized spacial score (nSPS) is 17.5. The predicted octanol–water partition coefficient (Wildman–Crippen LogP) is 1.84. The van der Waals surface area contributed by atoms with Crippen LogP contribution < -0.4 is 0 Å². The summed E-state index contributed by atoms with van der Waals surface area (Å²) in [5.41, 5.74) is 1.10. The Balaban J connectivity index is 2.16. The first-order valence-electron chi connectivity index (χ1n) is 7.48. The van der Waals surface area contributed by atoms with Crippen molar-refractivity contribution in [1.82, 2.24) is 9.21 Å². The third-order valence-electron chi connectivity index (χ3n) is 4.04. The van der Waals surface area contributed by atoms with Crippen LogP contribution in [0.4, 0.5) is 0 Å². The fraction of sp³-hybridized carbons (Fsp3) is 0.562. The van der Waals surface area contributed by atoms with E-state index in [4.69, 9.17) is 0 Å². The van der Waals surface area contributed by atoms with Crippen molar-refractivity contribution in [2.45, 2.75) is 38.0 Å². The van der Waals surface area contributed by atoms with E-state index in [1.165, 1.54) is 11.2 Å². The fourth-order valence-corrected chi connectivity index (χ4v) is 3.94. The molecule has 6 heteroatoms. The van der Waals surface area contributed by atoms with E-state index in [9.17, 15) is 13.2 Å². The molecule has 1 fully saturated rings. The molecule has 22 heavy (non-hydrogen) atoms. The Hall–Kier alpha value is -1.40. The molecule has 1 heterocycles. The van der Waals surface area contributed by atoms with E-state index in [1.54, 1.807) is 17.0 Å². The number of hydrogen-bond acceptors (Lipinski definition) is 3. The summed E-state index contributed by atoms with van der Waals surface area (Å²) < 4.78 is 26.8. The van der Waals surface area contributed by atoms with E-state index in [-0.39, 0.29) is 11.3 Å². The molecule has 0 aromatic heterocycles. The number of rotatable bonds is 2. The van der Waals surface area contributed by atoms with Gasteiger partial charge in [0.05, 0.1) is 4.90 Å². The third kappa shape index (κ3) is 3.50. The van der Waals surface area contributed by atoms with Crippen LogP contribution in [-0.2, 0) is 20.2 Å². The van der Waals surface area contributed by atoms with E-state index in [0.29, 0.717) is 31.1 Å².